The fraction of sp³-hybridized carbons (Fsp3) is 0.278. The van der Waals surface area contributed by atoms with E-state index in [0.29, 0.717) is 0 Å². The molecule has 22 heavy (non-hydrogen) atoms. The van der Waals surface area contributed by atoms with E-state index in [2.05, 4.69) is 41.2 Å². The van der Waals surface area contributed by atoms with Crippen LogP contribution in [0.2, 0.25) is 0 Å². The summed E-state index contributed by atoms with van der Waals surface area (Å²) >= 11 is 0. The van der Waals surface area contributed by atoms with Crippen molar-refractivity contribution in [1.29, 1.82) is 0 Å². The standard InChI is InChI=1S/C18H20N4/c1-12-10-15(16-11-13(2)21-22-16)20-17(19-12)18(3,4)14-8-6-5-7-9-14/h5-11H,1-4H3,(H,21,22). The van der Waals surface area contributed by atoms with Gasteiger partial charge in [0.15, 0.2) is 0 Å². The smallest absolute Gasteiger partial charge is 0.139 e. The number of hydrogen-bond donors (Lipinski definition) is 1. The zero-order valence-electron chi connectivity index (χ0n) is 13.4. The molecule has 0 aliphatic heterocycles. The number of aryl methyl sites for hydroxylation is 2. The second-order valence-electron chi connectivity index (χ2n) is 6.15. The van der Waals surface area contributed by atoms with Crippen LogP contribution in [0.15, 0.2) is 42.5 Å². The van der Waals surface area contributed by atoms with Crippen LogP contribution in [-0.2, 0) is 5.41 Å². The average Bonchev–Trinajstić information content (AvgIpc) is 2.94. The molecule has 0 atom stereocenters. The number of aromatic amines is 1. The van der Waals surface area contributed by atoms with Crippen LogP contribution in [0.5, 0.6) is 0 Å². The summed E-state index contributed by atoms with van der Waals surface area (Å²) in [6.45, 7) is 8.28. The Balaban J connectivity index is 2.10. The van der Waals surface area contributed by atoms with E-state index in [-0.39, 0.29) is 5.41 Å². The summed E-state index contributed by atoms with van der Waals surface area (Å²) in [4.78, 5) is 9.44. The molecule has 0 saturated heterocycles. The van der Waals surface area contributed by atoms with E-state index in [9.17, 15) is 0 Å². The Morgan fingerprint density at radius 3 is 2.27 bits per heavy atom. The lowest BCUT2D eigenvalue weighted by molar-refractivity contribution is 0.588. The predicted octanol–water partition coefficient (Wildman–Crippen LogP) is 3.81. The molecule has 0 fully saturated rings. The van der Waals surface area contributed by atoms with Crippen LogP contribution in [-0.4, -0.2) is 20.2 Å². The van der Waals surface area contributed by atoms with Crippen molar-refractivity contribution < 1.29 is 0 Å². The maximum atomic E-state index is 4.77. The van der Waals surface area contributed by atoms with Crippen molar-refractivity contribution in [2.45, 2.75) is 33.1 Å². The highest BCUT2D eigenvalue weighted by molar-refractivity contribution is 5.55. The summed E-state index contributed by atoms with van der Waals surface area (Å²) in [5.41, 5.74) is 4.63. The average molecular weight is 292 g/mol. The molecule has 0 saturated carbocycles. The van der Waals surface area contributed by atoms with E-state index in [1.165, 1.54) is 5.56 Å². The minimum Gasteiger partial charge on any atom is -0.282 e. The van der Waals surface area contributed by atoms with E-state index < -0.39 is 0 Å². The molecular formula is C18H20N4. The van der Waals surface area contributed by atoms with E-state index in [0.717, 1.165) is 28.6 Å². The minimum absolute atomic E-state index is 0.257. The molecule has 0 bridgehead atoms. The first-order valence-electron chi connectivity index (χ1n) is 7.41. The quantitative estimate of drug-likeness (QED) is 0.798. The molecule has 0 unspecified atom stereocenters. The van der Waals surface area contributed by atoms with Gasteiger partial charge >= 0.3 is 0 Å². The lowest BCUT2D eigenvalue weighted by Gasteiger charge is -2.24. The van der Waals surface area contributed by atoms with E-state index >= 15 is 0 Å². The Bertz CT molecular complexity index is 788. The SMILES string of the molecule is Cc1cc(-c2cc(C)[nH]n2)nc(C(C)(C)c2ccccc2)n1. The third-order valence-electron chi connectivity index (χ3n) is 3.88. The normalized spacial score (nSPS) is 11.6. The fourth-order valence-corrected chi connectivity index (χ4v) is 2.51. The molecule has 4 nitrogen and oxygen atoms in total. The fourth-order valence-electron chi connectivity index (χ4n) is 2.51. The summed E-state index contributed by atoms with van der Waals surface area (Å²) in [7, 11) is 0. The van der Waals surface area contributed by atoms with Gasteiger partial charge in [0.2, 0.25) is 0 Å². The van der Waals surface area contributed by atoms with Crippen molar-refractivity contribution in [2.24, 2.45) is 0 Å². The predicted molar refractivity (Wildman–Crippen MR) is 87.7 cm³/mol. The molecule has 3 rings (SSSR count). The van der Waals surface area contributed by atoms with Crippen LogP contribution >= 0.6 is 0 Å². The summed E-state index contributed by atoms with van der Waals surface area (Å²) < 4.78 is 0. The Kier molecular flexibility index (Phi) is 3.53. The number of aromatic nitrogens is 4. The number of rotatable bonds is 3. The zero-order valence-corrected chi connectivity index (χ0v) is 13.4. The topological polar surface area (TPSA) is 54.5 Å². The summed E-state index contributed by atoms with van der Waals surface area (Å²) in [5.74, 6) is 0.814. The molecule has 2 heterocycles. The molecule has 112 valence electrons. The molecule has 0 amide bonds. The second kappa shape index (κ2) is 5.37. The highest BCUT2D eigenvalue weighted by atomic mass is 15.1. The molecule has 2 aromatic heterocycles. The van der Waals surface area contributed by atoms with E-state index in [1.54, 1.807) is 0 Å². The molecule has 0 aliphatic rings. The van der Waals surface area contributed by atoms with Crippen molar-refractivity contribution >= 4 is 0 Å². The van der Waals surface area contributed by atoms with Crippen LogP contribution in [0, 0.1) is 13.8 Å². The van der Waals surface area contributed by atoms with Gasteiger partial charge in [-0.05, 0) is 45.4 Å². The number of H-pyrrole nitrogens is 1. The molecular weight excluding hydrogens is 272 g/mol. The first-order valence-corrected chi connectivity index (χ1v) is 7.41. The van der Waals surface area contributed by atoms with E-state index in [1.807, 2.05) is 44.2 Å². The van der Waals surface area contributed by atoms with Gasteiger partial charge in [0.05, 0.1) is 5.69 Å². The van der Waals surface area contributed by atoms with Gasteiger partial charge in [-0.15, -0.1) is 0 Å². The molecule has 0 aliphatic carbocycles. The van der Waals surface area contributed by atoms with Gasteiger partial charge in [0.25, 0.3) is 0 Å². The third-order valence-corrected chi connectivity index (χ3v) is 3.88. The molecule has 0 radical (unpaired) electrons. The first-order chi connectivity index (χ1) is 10.5. The number of benzene rings is 1. The van der Waals surface area contributed by atoms with Gasteiger partial charge in [-0.2, -0.15) is 5.10 Å². The highest BCUT2D eigenvalue weighted by Gasteiger charge is 2.27. The van der Waals surface area contributed by atoms with Gasteiger partial charge in [-0.25, -0.2) is 9.97 Å². The lowest BCUT2D eigenvalue weighted by Crippen LogP contribution is -2.23. The Morgan fingerprint density at radius 2 is 1.64 bits per heavy atom. The van der Waals surface area contributed by atoms with Crippen LogP contribution in [0.3, 0.4) is 0 Å². The third kappa shape index (κ3) is 2.64. The zero-order chi connectivity index (χ0) is 15.7. The van der Waals surface area contributed by atoms with Crippen molar-refractivity contribution in [2.75, 3.05) is 0 Å². The highest BCUT2D eigenvalue weighted by Crippen LogP contribution is 2.30. The Morgan fingerprint density at radius 1 is 0.909 bits per heavy atom. The summed E-state index contributed by atoms with van der Waals surface area (Å²) in [5, 5.41) is 7.27. The van der Waals surface area contributed by atoms with Gasteiger partial charge in [-0.1, -0.05) is 30.3 Å². The second-order valence-corrected chi connectivity index (χ2v) is 6.15. The van der Waals surface area contributed by atoms with Crippen molar-refractivity contribution in [3.63, 3.8) is 0 Å². The van der Waals surface area contributed by atoms with Gasteiger partial charge in [0, 0.05) is 16.8 Å². The van der Waals surface area contributed by atoms with Crippen molar-refractivity contribution in [1.82, 2.24) is 20.2 Å². The van der Waals surface area contributed by atoms with Crippen LogP contribution in [0.1, 0.15) is 36.6 Å². The number of hydrogen-bond acceptors (Lipinski definition) is 3. The maximum absolute atomic E-state index is 4.77. The van der Waals surface area contributed by atoms with E-state index in [4.69, 9.17) is 4.98 Å². The monoisotopic (exact) mass is 292 g/mol. The molecule has 1 N–H and O–H groups in total. The largest absolute Gasteiger partial charge is 0.282 e. The van der Waals surface area contributed by atoms with Gasteiger partial charge in [-0.3, -0.25) is 5.10 Å². The first kappa shape index (κ1) is 14.4. The van der Waals surface area contributed by atoms with Crippen LogP contribution < -0.4 is 0 Å². The minimum atomic E-state index is -0.257. The molecule has 0 spiro atoms. The van der Waals surface area contributed by atoms with Gasteiger partial charge < -0.3 is 0 Å². The number of nitrogens with one attached hydrogen (secondary N) is 1. The lowest BCUT2D eigenvalue weighted by atomic mass is 9.83. The van der Waals surface area contributed by atoms with Crippen molar-refractivity contribution in [3.8, 4) is 11.4 Å². The summed E-state index contributed by atoms with van der Waals surface area (Å²) in [6.07, 6.45) is 0. The number of nitrogens with zero attached hydrogens (tertiary/aromatic N) is 3. The van der Waals surface area contributed by atoms with Crippen LogP contribution in [0.25, 0.3) is 11.4 Å². The Hall–Kier alpha value is -2.49. The van der Waals surface area contributed by atoms with Crippen LogP contribution in [0.4, 0.5) is 0 Å². The molecule has 4 heteroatoms. The maximum Gasteiger partial charge on any atom is 0.139 e. The summed E-state index contributed by atoms with van der Waals surface area (Å²) in [6, 6.07) is 14.3. The van der Waals surface area contributed by atoms with Crippen molar-refractivity contribution in [3.05, 3.63) is 65.2 Å². The molecule has 1 aromatic carbocycles. The molecule has 3 aromatic rings. The van der Waals surface area contributed by atoms with Gasteiger partial charge in [0.1, 0.15) is 11.5 Å². The Labute approximate surface area is 130 Å².